The molecule has 0 aliphatic carbocycles. The zero-order valence-electron chi connectivity index (χ0n) is 8.54. The summed E-state index contributed by atoms with van der Waals surface area (Å²) in [6, 6.07) is 6.90. The third-order valence-electron chi connectivity index (χ3n) is 1.51. The molecule has 0 aliphatic rings. The predicted molar refractivity (Wildman–Crippen MR) is 54.3 cm³/mol. The van der Waals surface area contributed by atoms with Crippen LogP contribution in [-0.4, -0.2) is 11.5 Å². The van der Waals surface area contributed by atoms with Crippen molar-refractivity contribution in [1.29, 1.82) is 0 Å². The van der Waals surface area contributed by atoms with E-state index in [0.717, 1.165) is 5.56 Å². The molecule has 1 aromatic carbocycles. The quantitative estimate of drug-likeness (QED) is 0.480. The summed E-state index contributed by atoms with van der Waals surface area (Å²) in [5.41, 5.74) is 0.959. The maximum atomic E-state index is 11.1. The van der Waals surface area contributed by atoms with Crippen LogP contribution < -0.4 is 4.89 Å². The van der Waals surface area contributed by atoms with Gasteiger partial charge < -0.3 is 9.78 Å². The summed E-state index contributed by atoms with van der Waals surface area (Å²) in [4.78, 5) is 13.7. The number of phosphoric ester groups is 1. The van der Waals surface area contributed by atoms with Gasteiger partial charge in [-0.15, -0.1) is 0 Å². The van der Waals surface area contributed by atoms with E-state index in [1.54, 1.807) is 25.1 Å². The van der Waals surface area contributed by atoms with Crippen LogP contribution in [0.2, 0.25) is 0 Å². The van der Waals surface area contributed by atoms with Crippen LogP contribution in [0.25, 0.3) is 0 Å². The molecule has 1 aromatic rings. The Hall–Kier alpha value is -0.870. The first kappa shape index (κ1) is 12.2. The molecule has 0 saturated carbocycles. The van der Waals surface area contributed by atoms with Gasteiger partial charge in [-0.25, -0.2) is 4.57 Å². The SMILES string of the molecule is CCOP(=O)(O)OOc1cccc(C)c1. The predicted octanol–water partition coefficient (Wildman–Crippen LogP) is 2.44. The second-order valence-corrected chi connectivity index (χ2v) is 4.21. The molecule has 0 saturated heterocycles. The minimum atomic E-state index is -4.10. The van der Waals surface area contributed by atoms with Crippen LogP contribution in [0.1, 0.15) is 12.5 Å². The molecule has 84 valence electrons. The summed E-state index contributed by atoms with van der Waals surface area (Å²) in [6.45, 7) is 3.53. The van der Waals surface area contributed by atoms with Gasteiger partial charge in [0.05, 0.1) is 6.61 Å². The topological polar surface area (TPSA) is 65.0 Å². The average molecular weight is 232 g/mol. The summed E-state index contributed by atoms with van der Waals surface area (Å²) < 4.78 is 19.8. The molecule has 0 heterocycles. The molecule has 6 heteroatoms. The van der Waals surface area contributed by atoms with Gasteiger partial charge in [0.25, 0.3) is 0 Å². The molecule has 0 aliphatic heterocycles. The smallest absolute Gasteiger partial charge is 0.327 e. The van der Waals surface area contributed by atoms with Crippen molar-refractivity contribution in [2.45, 2.75) is 13.8 Å². The van der Waals surface area contributed by atoms with Crippen LogP contribution in [0, 0.1) is 6.92 Å². The van der Waals surface area contributed by atoms with Gasteiger partial charge in [0.1, 0.15) is 0 Å². The van der Waals surface area contributed by atoms with Crippen molar-refractivity contribution >= 4 is 7.82 Å². The zero-order chi connectivity index (χ0) is 11.3. The number of phosphoric acid groups is 1. The molecule has 1 atom stereocenters. The van der Waals surface area contributed by atoms with Gasteiger partial charge in [-0.2, -0.15) is 0 Å². The fraction of sp³-hybridized carbons (Fsp3) is 0.333. The average Bonchev–Trinajstić information content (AvgIpc) is 2.15. The first-order valence-corrected chi connectivity index (χ1v) is 5.93. The molecule has 1 unspecified atom stereocenters. The summed E-state index contributed by atoms with van der Waals surface area (Å²) in [7, 11) is -4.10. The maximum Gasteiger partial charge on any atom is 0.508 e. The molecule has 0 bridgehead atoms. The maximum absolute atomic E-state index is 11.1. The lowest BCUT2D eigenvalue weighted by molar-refractivity contribution is -0.127. The van der Waals surface area contributed by atoms with Crippen LogP contribution >= 0.6 is 7.82 Å². The van der Waals surface area contributed by atoms with Crippen molar-refractivity contribution in [3.8, 4) is 5.75 Å². The van der Waals surface area contributed by atoms with Crippen molar-refractivity contribution in [2.24, 2.45) is 0 Å². The Morgan fingerprint density at radius 2 is 2.20 bits per heavy atom. The molecule has 15 heavy (non-hydrogen) atoms. The number of aryl methyl sites for hydroxylation is 1. The van der Waals surface area contributed by atoms with Crippen molar-refractivity contribution < 1.29 is 23.5 Å². The third kappa shape index (κ3) is 4.44. The van der Waals surface area contributed by atoms with E-state index >= 15 is 0 Å². The van der Waals surface area contributed by atoms with Crippen molar-refractivity contribution in [3.05, 3.63) is 29.8 Å². The van der Waals surface area contributed by atoms with Crippen LogP contribution in [0.4, 0.5) is 0 Å². The lowest BCUT2D eigenvalue weighted by atomic mass is 10.2. The minimum Gasteiger partial charge on any atom is -0.327 e. The lowest BCUT2D eigenvalue weighted by Crippen LogP contribution is -1.98. The Kier molecular flexibility index (Phi) is 4.29. The van der Waals surface area contributed by atoms with E-state index < -0.39 is 7.82 Å². The molecule has 5 nitrogen and oxygen atoms in total. The largest absolute Gasteiger partial charge is 0.508 e. The lowest BCUT2D eigenvalue weighted by Gasteiger charge is -2.09. The van der Waals surface area contributed by atoms with Gasteiger partial charge in [0, 0.05) is 0 Å². The van der Waals surface area contributed by atoms with Crippen LogP contribution in [-0.2, 0) is 13.8 Å². The molecule has 1 rings (SSSR count). The second kappa shape index (κ2) is 5.28. The van der Waals surface area contributed by atoms with Crippen LogP contribution in [0.5, 0.6) is 5.75 Å². The van der Waals surface area contributed by atoms with E-state index in [1.807, 2.05) is 13.0 Å². The van der Waals surface area contributed by atoms with Crippen molar-refractivity contribution in [3.63, 3.8) is 0 Å². The molecule has 0 spiro atoms. The van der Waals surface area contributed by atoms with Gasteiger partial charge in [-0.3, -0.25) is 4.52 Å². The summed E-state index contributed by atoms with van der Waals surface area (Å²) in [5, 5.41) is 0. The molecular formula is C9H13O5P. The van der Waals surface area contributed by atoms with Crippen LogP contribution in [0.15, 0.2) is 24.3 Å². The highest BCUT2D eigenvalue weighted by atomic mass is 31.2. The standard InChI is InChI=1S/C9H13O5P/c1-3-12-15(10,11)14-13-9-6-4-5-8(2)7-9/h4-7H,3H2,1-2H3,(H,10,11). The third-order valence-corrected chi connectivity index (χ3v) is 2.36. The molecule has 1 N–H and O–H groups in total. The van der Waals surface area contributed by atoms with Crippen LogP contribution in [0.3, 0.4) is 0 Å². The van der Waals surface area contributed by atoms with Gasteiger partial charge in [0.2, 0.25) is 0 Å². The first-order valence-electron chi connectivity index (χ1n) is 4.44. The molecule has 0 amide bonds. The van der Waals surface area contributed by atoms with Gasteiger partial charge >= 0.3 is 7.82 Å². The number of hydrogen-bond donors (Lipinski definition) is 1. The fourth-order valence-electron chi connectivity index (χ4n) is 0.942. The van der Waals surface area contributed by atoms with E-state index in [1.165, 1.54) is 0 Å². The van der Waals surface area contributed by atoms with E-state index in [9.17, 15) is 4.57 Å². The van der Waals surface area contributed by atoms with Gasteiger partial charge in [-0.1, -0.05) is 16.8 Å². The van der Waals surface area contributed by atoms with Crippen molar-refractivity contribution in [1.82, 2.24) is 0 Å². The summed E-state index contributed by atoms with van der Waals surface area (Å²) >= 11 is 0. The van der Waals surface area contributed by atoms with Crippen molar-refractivity contribution in [2.75, 3.05) is 6.61 Å². The van der Waals surface area contributed by atoms with E-state index in [0.29, 0.717) is 5.75 Å². The van der Waals surface area contributed by atoms with E-state index in [4.69, 9.17) is 4.89 Å². The second-order valence-electron chi connectivity index (χ2n) is 2.86. The Morgan fingerprint density at radius 3 is 2.80 bits per heavy atom. The number of hydrogen-bond acceptors (Lipinski definition) is 4. The molecule has 0 fully saturated rings. The molecular weight excluding hydrogens is 219 g/mol. The summed E-state index contributed by atoms with van der Waals surface area (Å²) in [5.74, 6) is 0.351. The highest BCUT2D eigenvalue weighted by Gasteiger charge is 2.22. The van der Waals surface area contributed by atoms with Gasteiger partial charge in [0.15, 0.2) is 5.75 Å². The van der Waals surface area contributed by atoms with E-state index in [-0.39, 0.29) is 6.61 Å². The number of benzene rings is 1. The summed E-state index contributed by atoms with van der Waals surface area (Å²) in [6.07, 6.45) is 0. The highest BCUT2D eigenvalue weighted by molar-refractivity contribution is 7.47. The Bertz CT molecular complexity index is 365. The number of rotatable bonds is 5. The fourth-order valence-corrected chi connectivity index (χ4v) is 1.49. The molecule has 0 aromatic heterocycles. The monoisotopic (exact) mass is 232 g/mol. The highest BCUT2D eigenvalue weighted by Crippen LogP contribution is 2.43. The normalized spacial score (nSPS) is 14.6. The Morgan fingerprint density at radius 1 is 1.47 bits per heavy atom. The molecule has 0 radical (unpaired) electrons. The Labute approximate surface area is 88.1 Å². The first-order chi connectivity index (χ1) is 7.03. The van der Waals surface area contributed by atoms with Gasteiger partial charge in [-0.05, 0) is 31.5 Å². The zero-order valence-corrected chi connectivity index (χ0v) is 9.44. The van der Waals surface area contributed by atoms with E-state index in [2.05, 4.69) is 14.1 Å². The Balaban J connectivity index is 2.53. The minimum absolute atomic E-state index is 0.0744.